The van der Waals surface area contributed by atoms with Gasteiger partial charge in [-0.25, -0.2) is 0 Å². The first-order chi connectivity index (χ1) is 5.29. The number of hydrogen-bond acceptors (Lipinski definition) is 2. The summed E-state index contributed by atoms with van der Waals surface area (Å²) in [6.45, 7) is 0. The molecule has 4 heteroatoms. The molecule has 0 saturated heterocycles. The highest BCUT2D eigenvalue weighted by atomic mass is 32.2. The van der Waals surface area contributed by atoms with Crippen molar-refractivity contribution in [2.24, 2.45) is 5.73 Å². The predicted molar refractivity (Wildman–Crippen MR) is 52.2 cm³/mol. The number of rotatable bonds is 2. The van der Waals surface area contributed by atoms with Gasteiger partial charge in [0.1, 0.15) is 0 Å². The summed E-state index contributed by atoms with van der Waals surface area (Å²) in [4.78, 5) is 1.10. The predicted octanol–water partition coefficient (Wildman–Crippen LogP) is 1.53. The Morgan fingerprint density at radius 1 is 1.36 bits per heavy atom. The SMILES string of the molecule is NC(=S)NSc1ccccc1. The molecule has 0 unspecified atom stereocenters. The van der Waals surface area contributed by atoms with Crippen LogP contribution in [0, 0.1) is 0 Å². The summed E-state index contributed by atoms with van der Waals surface area (Å²) in [6.07, 6.45) is 0. The number of nitrogens with two attached hydrogens (primary N) is 1. The van der Waals surface area contributed by atoms with Crippen molar-refractivity contribution < 1.29 is 0 Å². The lowest BCUT2D eigenvalue weighted by molar-refractivity contribution is 1.41. The molecule has 0 fully saturated rings. The number of hydrogen-bond donors (Lipinski definition) is 2. The average molecular weight is 184 g/mol. The lowest BCUT2D eigenvalue weighted by Gasteiger charge is -2.00. The number of nitrogens with one attached hydrogen (secondary N) is 1. The maximum absolute atomic E-state index is 5.24. The van der Waals surface area contributed by atoms with Crippen molar-refractivity contribution in [3.05, 3.63) is 30.3 Å². The van der Waals surface area contributed by atoms with Crippen molar-refractivity contribution in [3.63, 3.8) is 0 Å². The van der Waals surface area contributed by atoms with Crippen LogP contribution in [0.1, 0.15) is 0 Å². The molecule has 3 N–H and O–H groups in total. The van der Waals surface area contributed by atoms with Crippen LogP contribution in [0.25, 0.3) is 0 Å². The standard InChI is InChI=1S/C7H8N2S2/c8-7(10)9-11-6-4-2-1-3-5-6/h1-5H,(H3,8,9,10). The fourth-order valence-corrected chi connectivity index (χ4v) is 1.23. The Hall–Kier alpha value is -0.740. The van der Waals surface area contributed by atoms with E-state index in [9.17, 15) is 0 Å². The van der Waals surface area contributed by atoms with Crippen LogP contribution in [-0.2, 0) is 0 Å². The van der Waals surface area contributed by atoms with Crippen LogP contribution in [0.5, 0.6) is 0 Å². The minimum atomic E-state index is 0.304. The van der Waals surface area contributed by atoms with Crippen molar-refractivity contribution in [3.8, 4) is 0 Å². The summed E-state index contributed by atoms with van der Waals surface area (Å²) < 4.78 is 2.79. The van der Waals surface area contributed by atoms with Crippen LogP contribution < -0.4 is 10.5 Å². The van der Waals surface area contributed by atoms with E-state index in [1.807, 2.05) is 30.3 Å². The van der Waals surface area contributed by atoms with Crippen LogP contribution in [0.15, 0.2) is 35.2 Å². The molecular formula is C7H8N2S2. The van der Waals surface area contributed by atoms with Gasteiger partial charge in [0, 0.05) is 4.90 Å². The van der Waals surface area contributed by atoms with E-state index in [2.05, 4.69) is 16.9 Å². The molecule has 1 aromatic rings. The summed E-state index contributed by atoms with van der Waals surface area (Å²) in [5.74, 6) is 0. The van der Waals surface area contributed by atoms with Crippen molar-refractivity contribution in [1.82, 2.24) is 4.72 Å². The Labute approximate surface area is 75.3 Å². The minimum absolute atomic E-state index is 0.304. The summed E-state index contributed by atoms with van der Waals surface area (Å²) >= 11 is 6.05. The maximum atomic E-state index is 5.24. The zero-order valence-electron chi connectivity index (χ0n) is 5.78. The molecule has 0 amide bonds. The lowest BCUT2D eigenvalue weighted by Crippen LogP contribution is -2.22. The average Bonchev–Trinajstić information content (AvgIpc) is 2.03. The molecular weight excluding hydrogens is 176 g/mol. The van der Waals surface area contributed by atoms with E-state index < -0.39 is 0 Å². The van der Waals surface area contributed by atoms with Gasteiger partial charge in [0.05, 0.1) is 0 Å². The van der Waals surface area contributed by atoms with Gasteiger partial charge in [-0.05, 0) is 36.3 Å². The molecule has 0 aliphatic heterocycles. The highest BCUT2D eigenvalue weighted by molar-refractivity contribution is 7.99. The van der Waals surface area contributed by atoms with E-state index in [0.29, 0.717) is 5.11 Å². The van der Waals surface area contributed by atoms with Gasteiger partial charge >= 0.3 is 0 Å². The fourth-order valence-electron chi connectivity index (χ4n) is 0.598. The highest BCUT2D eigenvalue weighted by Crippen LogP contribution is 2.11. The smallest absolute Gasteiger partial charge is 0.173 e. The van der Waals surface area contributed by atoms with Crippen LogP contribution in [0.2, 0.25) is 0 Å². The molecule has 0 heterocycles. The van der Waals surface area contributed by atoms with Gasteiger partial charge in [0.15, 0.2) is 5.11 Å². The summed E-state index contributed by atoms with van der Waals surface area (Å²) in [5, 5.41) is 0.304. The summed E-state index contributed by atoms with van der Waals surface area (Å²) in [6, 6.07) is 9.85. The molecule has 0 saturated carbocycles. The fraction of sp³-hybridized carbons (Fsp3) is 0. The van der Waals surface area contributed by atoms with Gasteiger partial charge in [-0.3, -0.25) is 0 Å². The van der Waals surface area contributed by atoms with Gasteiger partial charge in [-0.2, -0.15) is 0 Å². The Kier molecular flexibility index (Phi) is 3.19. The van der Waals surface area contributed by atoms with Crippen molar-refractivity contribution >= 4 is 29.3 Å². The number of benzene rings is 1. The Morgan fingerprint density at radius 3 is 2.55 bits per heavy atom. The Bertz CT molecular complexity index is 235. The van der Waals surface area contributed by atoms with Crippen LogP contribution in [-0.4, -0.2) is 5.11 Å². The van der Waals surface area contributed by atoms with E-state index in [1.165, 1.54) is 11.9 Å². The molecule has 11 heavy (non-hydrogen) atoms. The van der Waals surface area contributed by atoms with E-state index in [-0.39, 0.29) is 0 Å². The second-order valence-corrected chi connectivity index (χ2v) is 3.20. The second kappa shape index (κ2) is 4.20. The van der Waals surface area contributed by atoms with Gasteiger partial charge in [-0.15, -0.1) is 0 Å². The quantitative estimate of drug-likeness (QED) is 0.540. The van der Waals surface area contributed by atoms with Gasteiger partial charge in [0.2, 0.25) is 0 Å². The Balaban J connectivity index is 2.45. The first kappa shape index (κ1) is 8.36. The molecule has 0 spiro atoms. The largest absolute Gasteiger partial charge is 0.376 e. The molecule has 0 radical (unpaired) electrons. The third-order valence-corrected chi connectivity index (χ3v) is 2.07. The summed E-state index contributed by atoms with van der Waals surface area (Å²) in [5.41, 5.74) is 5.24. The van der Waals surface area contributed by atoms with Crippen LogP contribution in [0.4, 0.5) is 0 Å². The summed E-state index contributed by atoms with van der Waals surface area (Å²) in [7, 11) is 0. The zero-order valence-corrected chi connectivity index (χ0v) is 7.41. The third kappa shape index (κ3) is 3.25. The first-order valence-electron chi connectivity index (χ1n) is 3.06. The molecule has 0 aliphatic rings. The number of thiocarbonyl (C=S) groups is 1. The third-order valence-electron chi connectivity index (χ3n) is 1.01. The second-order valence-electron chi connectivity index (χ2n) is 1.88. The zero-order chi connectivity index (χ0) is 8.10. The van der Waals surface area contributed by atoms with Gasteiger partial charge in [-0.1, -0.05) is 18.2 Å². The van der Waals surface area contributed by atoms with Crippen LogP contribution in [0.3, 0.4) is 0 Å². The normalized spacial score (nSPS) is 9.09. The van der Waals surface area contributed by atoms with Crippen LogP contribution >= 0.6 is 24.2 Å². The molecule has 1 aromatic carbocycles. The van der Waals surface area contributed by atoms with E-state index >= 15 is 0 Å². The van der Waals surface area contributed by atoms with Gasteiger partial charge < -0.3 is 10.5 Å². The monoisotopic (exact) mass is 184 g/mol. The van der Waals surface area contributed by atoms with E-state index in [0.717, 1.165) is 4.90 Å². The molecule has 1 rings (SSSR count). The topological polar surface area (TPSA) is 38.0 Å². The lowest BCUT2D eigenvalue weighted by atomic mass is 10.4. The molecule has 0 atom stereocenters. The molecule has 2 nitrogen and oxygen atoms in total. The van der Waals surface area contributed by atoms with E-state index in [1.54, 1.807) is 0 Å². The molecule has 0 aromatic heterocycles. The van der Waals surface area contributed by atoms with Gasteiger partial charge in [0.25, 0.3) is 0 Å². The van der Waals surface area contributed by atoms with Crippen molar-refractivity contribution in [1.29, 1.82) is 0 Å². The highest BCUT2D eigenvalue weighted by Gasteiger charge is 1.90. The Morgan fingerprint density at radius 2 is 2.00 bits per heavy atom. The van der Waals surface area contributed by atoms with E-state index in [4.69, 9.17) is 5.73 Å². The minimum Gasteiger partial charge on any atom is -0.376 e. The molecule has 58 valence electrons. The molecule has 0 bridgehead atoms. The first-order valence-corrected chi connectivity index (χ1v) is 4.29. The van der Waals surface area contributed by atoms with Crippen molar-refractivity contribution in [2.75, 3.05) is 0 Å². The molecule has 0 aliphatic carbocycles. The van der Waals surface area contributed by atoms with Crippen molar-refractivity contribution in [2.45, 2.75) is 4.90 Å². The maximum Gasteiger partial charge on any atom is 0.173 e.